The number of aromatic nitrogens is 2. The zero-order valence-corrected chi connectivity index (χ0v) is 11.1. The number of fused-ring (bicyclic) bond motifs is 1. The summed E-state index contributed by atoms with van der Waals surface area (Å²) in [7, 11) is 0. The Labute approximate surface area is 112 Å². The van der Waals surface area contributed by atoms with Gasteiger partial charge in [-0.1, -0.05) is 6.92 Å². The van der Waals surface area contributed by atoms with Crippen molar-refractivity contribution in [2.24, 2.45) is 0 Å². The number of amides is 1. The molecule has 1 fully saturated rings. The second-order valence-electron chi connectivity index (χ2n) is 4.84. The molecule has 0 radical (unpaired) electrons. The Morgan fingerprint density at radius 3 is 2.89 bits per heavy atom. The summed E-state index contributed by atoms with van der Waals surface area (Å²) >= 11 is 0. The Bertz CT molecular complexity index is 486. The van der Waals surface area contributed by atoms with Crippen molar-refractivity contribution in [2.45, 2.75) is 26.4 Å². The van der Waals surface area contributed by atoms with Crippen LogP contribution < -0.4 is 4.90 Å². The number of nitrogens with zero attached hydrogens (tertiary/aromatic N) is 4. The molecule has 0 N–H and O–H groups in total. The van der Waals surface area contributed by atoms with Gasteiger partial charge in [0.15, 0.2) is 0 Å². The number of hydrogen-bond acceptors (Lipinski definition) is 5. The average Bonchev–Trinajstić information content (AvgIpc) is 2.90. The van der Waals surface area contributed by atoms with E-state index < -0.39 is 0 Å². The molecule has 6 nitrogen and oxygen atoms in total. The monoisotopic (exact) mass is 262 g/mol. The maximum atomic E-state index is 11.7. The molecule has 1 aromatic heterocycles. The molecule has 0 atom stereocenters. The molecule has 0 spiro atoms. The maximum Gasteiger partial charge on any atom is 0.225 e. The van der Waals surface area contributed by atoms with Gasteiger partial charge in [-0.05, 0) is 0 Å². The number of carbonyl (C=O) groups excluding carboxylic acids is 1. The molecule has 1 aromatic rings. The second kappa shape index (κ2) is 5.13. The van der Waals surface area contributed by atoms with Gasteiger partial charge in [-0.15, -0.1) is 0 Å². The van der Waals surface area contributed by atoms with E-state index >= 15 is 0 Å². The smallest absolute Gasteiger partial charge is 0.225 e. The second-order valence-corrected chi connectivity index (χ2v) is 4.84. The summed E-state index contributed by atoms with van der Waals surface area (Å²) in [5, 5.41) is 0. The topological polar surface area (TPSA) is 58.6 Å². The Morgan fingerprint density at radius 2 is 2.16 bits per heavy atom. The SMILES string of the molecule is CCC(=O)N1Cc2cnc(N3CCOCC3)nc2C1. The van der Waals surface area contributed by atoms with Crippen molar-refractivity contribution < 1.29 is 9.53 Å². The van der Waals surface area contributed by atoms with Gasteiger partial charge >= 0.3 is 0 Å². The van der Waals surface area contributed by atoms with Crippen molar-refractivity contribution in [3.05, 3.63) is 17.5 Å². The highest BCUT2D eigenvalue weighted by Gasteiger charge is 2.25. The molecule has 0 bridgehead atoms. The zero-order valence-electron chi connectivity index (χ0n) is 11.1. The van der Waals surface area contributed by atoms with Crippen LogP contribution in [0.25, 0.3) is 0 Å². The van der Waals surface area contributed by atoms with E-state index in [2.05, 4.69) is 14.9 Å². The van der Waals surface area contributed by atoms with Crippen molar-refractivity contribution in [1.82, 2.24) is 14.9 Å². The van der Waals surface area contributed by atoms with E-state index in [9.17, 15) is 4.79 Å². The minimum atomic E-state index is 0.172. The normalized spacial score (nSPS) is 18.6. The lowest BCUT2D eigenvalue weighted by Crippen LogP contribution is -2.37. The fourth-order valence-corrected chi connectivity index (χ4v) is 2.46. The zero-order chi connectivity index (χ0) is 13.2. The van der Waals surface area contributed by atoms with Crippen molar-refractivity contribution in [3.63, 3.8) is 0 Å². The highest BCUT2D eigenvalue weighted by atomic mass is 16.5. The quantitative estimate of drug-likeness (QED) is 0.779. The van der Waals surface area contributed by atoms with E-state index in [4.69, 9.17) is 4.74 Å². The van der Waals surface area contributed by atoms with Gasteiger partial charge < -0.3 is 14.5 Å². The summed E-state index contributed by atoms with van der Waals surface area (Å²) in [6.45, 7) is 6.25. The molecule has 1 amide bonds. The minimum absolute atomic E-state index is 0.172. The highest BCUT2D eigenvalue weighted by molar-refractivity contribution is 5.76. The summed E-state index contributed by atoms with van der Waals surface area (Å²) in [5.41, 5.74) is 2.05. The van der Waals surface area contributed by atoms with E-state index in [0.29, 0.717) is 19.5 Å². The molecule has 1 saturated heterocycles. The third-order valence-electron chi connectivity index (χ3n) is 3.59. The van der Waals surface area contributed by atoms with E-state index in [-0.39, 0.29) is 5.91 Å². The molecule has 2 aliphatic rings. The largest absolute Gasteiger partial charge is 0.378 e. The van der Waals surface area contributed by atoms with Crippen LogP contribution in [0.2, 0.25) is 0 Å². The fourth-order valence-electron chi connectivity index (χ4n) is 2.46. The molecule has 6 heteroatoms. The molecule has 102 valence electrons. The molecule has 0 unspecified atom stereocenters. The van der Waals surface area contributed by atoms with Gasteiger partial charge in [-0.3, -0.25) is 4.79 Å². The van der Waals surface area contributed by atoms with E-state index in [1.54, 1.807) is 0 Å². The lowest BCUT2D eigenvalue weighted by atomic mass is 10.3. The van der Waals surface area contributed by atoms with Crippen LogP contribution in [-0.2, 0) is 22.6 Å². The van der Waals surface area contributed by atoms with Crippen LogP contribution in [0.15, 0.2) is 6.20 Å². The lowest BCUT2D eigenvalue weighted by Gasteiger charge is -2.26. The Morgan fingerprint density at radius 1 is 1.37 bits per heavy atom. The number of carbonyl (C=O) groups is 1. The van der Waals surface area contributed by atoms with Crippen LogP contribution in [-0.4, -0.2) is 47.1 Å². The first-order chi connectivity index (χ1) is 9.28. The summed E-state index contributed by atoms with van der Waals surface area (Å²) in [4.78, 5) is 24.7. The predicted molar refractivity (Wildman–Crippen MR) is 69.6 cm³/mol. The first-order valence-corrected chi connectivity index (χ1v) is 6.73. The summed E-state index contributed by atoms with van der Waals surface area (Å²) < 4.78 is 5.33. The predicted octanol–water partition coefficient (Wildman–Crippen LogP) is 0.565. The fraction of sp³-hybridized carbons (Fsp3) is 0.615. The van der Waals surface area contributed by atoms with Crippen molar-refractivity contribution >= 4 is 11.9 Å². The third kappa shape index (κ3) is 2.40. The van der Waals surface area contributed by atoms with Crippen LogP contribution in [0.1, 0.15) is 24.6 Å². The molecular weight excluding hydrogens is 244 g/mol. The Balaban J connectivity index is 1.77. The van der Waals surface area contributed by atoms with Crippen LogP contribution in [0, 0.1) is 0 Å². The number of ether oxygens (including phenoxy) is 1. The first-order valence-electron chi connectivity index (χ1n) is 6.73. The molecule has 0 aliphatic carbocycles. The first kappa shape index (κ1) is 12.3. The summed E-state index contributed by atoms with van der Waals surface area (Å²) in [5.74, 6) is 0.929. The van der Waals surface area contributed by atoms with Crippen molar-refractivity contribution in [3.8, 4) is 0 Å². The Kier molecular flexibility index (Phi) is 3.33. The van der Waals surface area contributed by atoms with Crippen LogP contribution in [0.4, 0.5) is 5.95 Å². The minimum Gasteiger partial charge on any atom is -0.378 e. The van der Waals surface area contributed by atoms with E-state index in [1.807, 2.05) is 18.0 Å². The number of rotatable bonds is 2. The Hall–Kier alpha value is -1.69. The standard InChI is InChI=1S/C13H18N4O2/c1-2-12(18)17-8-10-7-14-13(15-11(10)9-17)16-3-5-19-6-4-16/h7H,2-6,8-9H2,1H3. The average molecular weight is 262 g/mol. The van der Waals surface area contributed by atoms with Gasteiger partial charge in [-0.25, -0.2) is 9.97 Å². The lowest BCUT2D eigenvalue weighted by molar-refractivity contribution is -0.131. The third-order valence-corrected chi connectivity index (χ3v) is 3.59. The van der Waals surface area contributed by atoms with Gasteiger partial charge in [0.05, 0.1) is 25.5 Å². The van der Waals surface area contributed by atoms with Crippen molar-refractivity contribution in [2.75, 3.05) is 31.2 Å². The van der Waals surface area contributed by atoms with Crippen LogP contribution in [0.5, 0.6) is 0 Å². The molecule has 19 heavy (non-hydrogen) atoms. The van der Waals surface area contributed by atoms with Gasteiger partial charge in [0.25, 0.3) is 0 Å². The van der Waals surface area contributed by atoms with Gasteiger partial charge in [-0.2, -0.15) is 0 Å². The van der Waals surface area contributed by atoms with Gasteiger partial charge in [0, 0.05) is 37.8 Å². The molecule has 3 heterocycles. The number of morpholine rings is 1. The molecule has 2 aliphatic heterocycles. The molecule has 3 rings (SSSR count). The van der Waals surface area contributed by atoms with Gasteiger partial charge in [0.1, 0.15) is 0 Å². The van der Waals surface area contributed by atoms with Crippen LogP contribution >= 0.6 is 0 Å². The van der Waals surface area contributed by atoms with E-state index in [1.165, 1.54) is 0 Å². The summed E-state index contributed by atoms with van der Waals surface area (Å²) in [6, 6.07) is 0. The van der Waals surface area contributed by atoms with Crippen LogP contribution in [0.3, 0.4) is 0 Å². The number of hydrogen-bond donors (Lipinski definition) is 0. The molecule has 0 saturated carbocycles. The van der Waals surface area contributed by atoms with Crippen molar-refractivity contribution in [1.29, 1.82) is 0 Å². The summed E-state index contributed by atoms with van der Waals surface area (Å²) in [6.07, 6.45) is 2.40. The van der Waals surface area contributed by atoms with Gasteiger partial charge in [0.2, 0.25) is 11.9 Å². The number of anilines is 1. The maximum absolute atomic E-state index is 11.7. The van der Waals surface area contributed by atoms with E-state index in [0.717, 1.165) is 43.5 Å². The highest BCUT2D eigenvalue weighted by Crippen LogP contribution is 2.23. The molecule has 0 aromatic carbocycles. The molecular formula is C13H18N4O2.